The number of hydrogen-bond donors (Lipinski definition) is 1. The minimum atomic E-state index is -0.105. The quantitative estimate of drug-likeness (QED) is 0.360. The normalized spacial score (nSPS) is 22.0. The Morgan fingerprint density at radius 1 is 0.833 bits per heavy atom. The fourth-order valence-electron chi connectivity index (χ4n) is 6.01. The number of thiocarbonyl (C=S) groups is 1. The van der Waals surface area contributed by atoms with Crippen LogP contribution in [0.5, 0.6) is 0 Å². The molecule has 30 heavy (non-hydrogen) atoms. The van der Waals surface area contributed by atoms with Crippen LogP contribution >= 0.6 is 12.2 Å². The van der Waals surface area contributed by atoms with Gasteiger partial charge < -0.3 is 19.2 Å². The molecule has 3 aromatic carbocycles. The molecule has 8 rings (SSSR count). The summed E-state index contributed by atoms with van der Waals surface area (Å²) in [5.74, 6) is -0.105. The van der Waals surface area contributed by atoms with Gasteiger partial charge in [0.15, 0.2) is 0 Å². The lowest BCUT2D eigenvalue weighted by Crippen LogP contribution is -2.19. The molecule has 3 aliphatic rings. The number of hydrogen-bond acceptors (Lipinski definition) is 3. The van der Waals surface area contributed by atoms with Crippen LogP contribution in [0, 0.1) is 0 Å². The van der Waals surface area contributed by atoms with Crippen molar-refractivity contribution >= 4 is 66.7 Å². The van der Waals surface area contributed by atoms with E-state index in [0.29, 0.717) is 10.6 Å². The molecular formula is C24H15N3O2S. The number of amides is 1. The lowest BCUT2D eigenvalue weighted by molar-refractivity contribution is -0.0229. The van der Waals surface area contributed by atoms with E-state index in [1.807, 2.05) is 6.07 Å². The van der Waals surface area contributed by atoms with E-state index in [2.05, 4.69) is 56.9 Å². The number of nitrogens with zero attached hydrogens (tertiary/aromatic N) is 2. The standard InChI is InChI=1S/C24H15N3O2S/c28-23-19-17-11-5-1-3-7-13(11)26-15-9-10-16(29-15)27-14-8-4-2-6-12(14)18(22(27)21(17)26)20(19)24(30)25-23/h1-8,15-16H,9-10H2,(H,25,28,30)/t15-,16+/m0/s1. The van der Waals surface area contributed by atoms with E-state index >= 15 is 0 Å². The number of carbonyl (C=O) groups excluding carboxylic acids is 1. The van der Waals surface area contributed by atoms with Crippen LogP contribution in [0.25, 0.3) is 43.6 Å². The van der Waals surface area contributed by atoms with Crippen LogP contribution in [-0.4, -0.2) is 20.0 Å². The highest BCUT2D eigenvalue weighted by Crippen LogP contribution is 2.52. The zero-order chi connectivity index (χ0) is 19.7. The van der Waals surface area contributed by atoms with Crippen molar-refractivity contribution in [3.63, 3.8) is 0 Å². The smallest absolute Gasteiger partial charge is 0.257 e. The maximum atomic E-state index is 13.1. The van der Waals surface area contributed by atoms with Gasteiger partial charge in [-0.3, -0.25) is 4.79 Å². The summed E-state index contributed by atoms with van der Waals surface area (Å²) < 4.78 is 11.3. The fraction of sp³-hybridized carbons (Fsp3) is 0.167. The third kappa shape index (κ3) is 1.53. The molecule has 0 aliphatic carbocycles. The van der Waals surface area contributed by atoms with E-state index in [0.717, 1.165) is 62.0 Å². The van der Waals surface area contributed by atoms with Crippen LogP contribution in [-0.2, 0) is 4.74 Å². The van der Waals surface area contributed by atoms with E-state index in [4.69, 9.17) is 17.0 Å². The molecule has 2 atom stereocenters. The van der Waals surface area contributed by atoms with Crippen LogP contribution in [0.2, 0.25) is 0 Å². The average Bonchev–Trinajstić information content (AvgIpc) is 3.46. The van der Waals surface area contributed by atoms with Crippen LogP contribution in [0.3, 0.4) is 0 Å². The number of rotatable bonds is 0. The molecule has 0 unspecified atom stereocenters. The van der Waals surface area contributed by atoms with E-state index in [1.165, 1.54) is 0 Å². The van der Waals surface area contributed by atoms with E-state index < -0.39 is 0 Å². The van der Waals surface area contributed by atoms with E-state index in [9.17, 15) is 4.79 Å². The number of nitrogens with one attached hydrogen (secondary N) is 1. The number of para-hydroxylation sites is 2. The molecule has 5 aromatic rings. The highest BCUT2D eigenvalue weighted by Gasteiger charge is 2.41. The number of carbonyl (C=O) groups is 1. The number of fused-ring (bicyclic) bond motifs is 13. The number of ether oxygens (including phenoxy) is 1. The Morgan fingerprint density at radius 3 is 1.97 bits per heavy atom. The van der Waals surface area contributed by atoms with Gasteiger partial charge in [0, 0.05) is 27.1 Å². The first-order valence-corrected chi connectivity index (χ1v) is 10.7. The van der Waals surface area contributed by atoms with Gasteiger partial charge in [0.2, 0.25) is 0 Å². The molecule has 1 N–H and O–H groups in total. The highest BCUT2D eigenvalue weighted by atomic mass is 32.1. The Kier molecular flexibility index (Phi) is 2.55. The van der Waals surface area contributed by atoms with E-state index in [1.54, 1.807) is 0 Å². The fourth-order valence-corrected chi connectivity index (χ4v) is 6.31. The molecule has 2 aromatic heterocycles. The topological polar surface area (TPSA) is 48.2 Å². The summed E-state index contributed by atoms with van der Waals surface area (Å²) in [6, 6.07) is 16.7. The molecule has 2 bridgehead atoms. The van der Waals surface area contributed by atoms with Gasteiger partial charge in [-0.1, -0.05) is 48.6 Å². The van der Waals surface area contributed by atoms with Crippen molar-refractivity contribution in [3.8, 4) is 0 Å². The molecule has 1 fully saturated rings. The first-order valence-electron chi connectivity index (χ1n) is 10.3. The van der Waals surface area contributed by atoms with E-state index in [-0.39, 0.29) is 18.4 Å². The third-order valence-electron chi connectivity index (χ3n) is 7.03. The summed E-state index contributed by atoms with van der Waals surface area (Å²) in [7, 11) is 0. The summed E-state index contributed by atoms with van der Waals surface area (Å²) in [4.78, 5) is 13.7. The monoisotopic (exact) mass is 409 g/mol. The van der Waals surface area contributed by atoms with Crippen molar-refractivity contribution in [2.45, 2.75) is 25.3 Å². The summed E-state index contributed by atoms with van der Waals surface area (Å²) in [5.41, 5.74) is 6.04. The summed E-state index contributed by atoms with van der Waals surface area (Å²) in [6.45, 7) is 0. The van der Waals surface area contributed by atoms with Crippen LogP contribution in [0.15, 0.2) is 48.5 Å². The lowest BCUT2D eigenvalue weighted by Gasteiger charge is -2.15. The molecule has 6 heteroatoms. The zero-order valence-corrected chi connectivity index (χ0v) is 16.6. The van der Waals surface area contributed by atoms with Crippen molar-refractivity contribution in [2.24, 2.45) is 0 Å². The minimum Gasteiger partial charge on any atom is -0.335 e. The van der Waals surface area contributed by atoms with Crippen molar-refractivity contribution in [1.82, 2.24) is 14.5 Å². The number of aromatic nitrogens is 2. The van der Waals surface area contributed by atoms with Crippen molar-refractivity contribution in [2.75, 3.05) is 0 Å². The molecule has 1 amide bonds. The van der Waals surface area contributed by atoms with Gasteiger partial charge in [0.1, 0.15) is 17.4 Å². The summed E-state index contributed by atoms with van der Waals surface area (Å²) in [6.07, 6.45) is 1.86. The van der Waals surface area contributed by atoms with Crippen molar-refractivity contribution in [1.29, 1.82) is 0 Å². The number of benzene rings is 3. The van der Waals surface area contributed by atoms with Crippen molar-refractivity contribution < 1.29 is 9.53 Å². The molecule has 5 heterocycles. The second-order valence-electron chi connectivity index (χ2n) is 8.38. The Balaban J connectivity index is 1.83. The summed E-state index contributed by atoms with van der Waals surface area (Å²) >= 11 is 5.68. The molecule has 0 radical (unpaired) electrons. The Morgan fingerprint density at radius 2 is 1.37 bits per heavy atom. The second-order valence-corrected chi connectivity index (χ2v) is 8.79. The molecular weight excluding hydrogens is 394 g/mol. The zero-order valence-electron chi connectivity index (χ0n) is 15.8. The molecule has 5 nitrogen and oxygen atoms in total. The Bertz CT molecular complexity index is 1540. The Hall–Kier alpha value is -3.22. The predicted octanol–water partition coefficient (Wildman–Crippen LogP) is 5.14. The second kappa shape index (κ2) is 4.91. The van der Waals surface area contributed by atoms with Gasteiger partial charge in [0.25, 0.3) is 5.91 Å². The molecule has 3 aliphatic heterocycles. The highest BCUT2D eigenvalue weighted by molar-refractivity contribution is 7.81. The lowest BCUT2D eigenvalue weighted by atomic mass is 9.97. The minimum absolute atomic E-state index is 0.0176. The van der Waals surface area contributed by atoms with Gasteiger partial charge in [-0.2, -0.15) is 0 Å². The first-order chi connectivity index (χ1) is 14.7. The van der Waals surface area contributed by atoms with Gasteiger partial charge in [-0.15, -0.1) is 0 Å². The molecule has 1 saturated heterocycles. The van der Waals surface area contributed by atoms with Crippen LogP contribution in [0.4, 0.5) is 0 Å². The molecule has 0 spiro atoms. The average molecular weight is 409 g/mol. The maximum Gasteiger partial charge on any atom is 0.257 e. The van der Waals surface area contributed by atoms with Gasteiger partial charge in [-0.05, 0) is 25.0 Å². The molecule has 144 valence electrons. The van der Waals surface area contributed by atoms with Gasteiger partial charge >= 0.3 is 0 Å². The van der Waals surface area contributed by atoms with Crippen LogP contribution in [0.1, 0.15) is 41.2 Å². The third-order valence-corrected chi connectivity index (χ3v) is 7.33. The van der Waals surface area contributed by atoms with Crippen molar-refractivity contribution in [3.05, 3.63) is 59.7 Å². The summed E-state index contributed by atoms with van der Waals surface area (Å²) in [5, 5.41) is 7.19. The van der Waals surface area contributed by atoms with Gasteiger partial charge in [-0.25, -0.2) is 0 Å². The Labute approximate surface area is 175 Å². The molecule has 0 saturated carbocycles. The van der Waals surface area contributed by atoms with Crippen LogP contribution < -0.4 is 5.32 Å². The first kappa shape index (κ1) is 15.6. The van der Waals surface area contributed by atoms with Gasteiger partial charge in [0.05, 0.1) is 27.6 Å². The largest absolute Gasteiger partial charge is 0.335 e. The maximum absolute atomic E-state index is 13.1. The SMILES string of the molecule is O=C1NC(=S)c2c1c1c3ccccc3n3c1c1c2c2ccccc2n1[C@H]1CC[C@@H]3O1. The predicted molar refractivity (Wildman–Crippen MR) is 120 cm³/mol.